The molecule has 0 fully saturated rings. The summed E-state index contributed by atoms with van der Waals surface area (Å²) in [5, 5.41) is 10.7. The number of halogens is 1. The Morgan fingerprint density at radius 1 is 1.46 bits per heavy atom. The molecule has 0 spiro atoms. The van der Waals surface area contributed by atoms with Crippen molar-refractivity contribution in [2.75, 3.05) is 6.67 Å². The van der Waals surface area contributed by atoms with Gasteiger partial charge in [0.15, 0.2) is 6.67 Å². The molecule has 2 N–H and O–H groups in total. The van der Waals surface area contributed by atoms with Crippen LogP contribution in [0.2, 0.25) is 0 Å². The van der Waals surface area contributed by atoms with Crippen LogP contribution in [0.1, 0.15) is 20.3 Å². The molecule has 0 rings (SSSR count). The number of carboxylic acid groups (broad SMARTS) is 1. The van der Waals surface area contributed by atoms with E-state index in [1.807, 2.05) is 13.8 Å². The lowest BCUT2D eigenvalue weighted by atomic mass is 10.0. The number of hydrogen-bond acceptors (Lipinski definition) is 2. The van der Waals surface area contributed by atoms with Crippen molar-refractivity contribution in [1.29, 1.82) is 0 Å². The highest BCUT2D eigenvalue weighted by molar-refractivity contribution is 5.84. The van der Waals surface area contributed by atoms with Crippen molar-refractivity contribution in [1.82, 2.24) is 5.32 Å². The van der Waals surface area contributed by atoms with Crippen molar-refractivity contribution in [3.63, 3.8) is 0 Å². The number of carbonyl (C=O) groups is 2. The quantitative estimate of drug-likeness (QED) is 0.667. The second kappa shape index (κ2) is 5.50. The normalized spacial score (nSPS) is 12.6. The number of hydrogen-bond donors (Lipinski definition) is 2. The van der Waals surface area contributed by atoms with E-state index in [1.54, 1.807) is 0 Å². The molecule has 0 saturated heterocycles. The number of rotatable bonds is 5. The van der Waals surface area contributed by atoms with Gasteiger partial charge in [-0.1, -0.05) is 13.8 Å². The van der Waals surface area contributed by atoms with Gasteiger partial charge in [0.2, 0.25) is 0 Å². The van der Waals surface area contributed by atoms with Gasteiger partial charge >= 0.3 is 5.97 Å². The molecular weight excluding hydrogens is 177 g/mol. The van der Waals surface area contributed by atoms with Gasteiger partial charge < -0.3 is 10.4 Å². The van der Waals surface area contributed by atoms with Gasteiger partial charge in [0.25, 0.3) is 5.91 Å². The van der Waals surface area contributed by atoms with E-state index in [4.69, 9.17) is 5.11 Å². The molecule has 13 heavy (non-hydrogen) atoms. The fourth-order valence-corrected chi connectivity index (χ4v) is 0.926. The largest absolute Gasteiger partial charge is 0.480 e. The fourth-order valence-electron chi connectivity index (χ4n) is 0.926. The van der Waals surface area contributed by atoms with Gasteiger partial charge in [-0.05, 0) is 12.3 Å². The molecule has 76 valence electrons. The molecule has 1 atom stereocenters. The van der Waals surface area contributed by atoms with Crippen molar-refractivity contribution in [2.45, 2.75) is 26.3 Å². The van der Waals surface area contributed by atoms with Crippen LogP contribution in [0.15, 0.2) is 0 Å². The van der Waals surface area contributed by atoms with Crippen molar-refractivity contribution in [3.05, 3.63) is 0 Å². The predicted octanol–water partition coefficient (Wildman–Crippen LogP) is 0.571. The predicted molar refractivity (Wildman–Crippen MR) is 45.0 cm³/mol. The maximum absolute atomic E-state index is 11.7. The number of amides is 1. The fraction of sp³-hybridized carbons (Fsp3) is 0.750. The van der Waals surface area contributed by atoms with Crippen molar-refractivity contribution < 1.29 is 19.1 Å². The average molecular weight is 191 g/mol. The van der Waals surface area contributed by atoms with E-state index in [1.165, 1.54) is 0 Å². The first-order valence-electron chi connectivity index (χ1n) is 4.05. The van der Waals surface area contributed by atoms with Crippen molar-refractivity contribution >= 4 is 11.9 Å². The summed E-state index contributed by atoms with van der Waals surface area (Å²) in [6.07, 6.45) is 0.307. The summed E-state index contributed by atoms with van der Waals surface area (Å²) in [6.45, 7) is 2.48. The van der Waals surface area contributed by atoms with E-state index in [-0.39, 0.29) is 5.92 Å². The average Bonchev–Trinajstić information content (AvgIpc) is 2.02. The highest BCUT2D eigenvalue weighted by Crippen LogP contribution is 2.04. The first-order chi connectivity index (χ1) is 5.97. The van der Waals surface area contributed by atoms with E-state index in [0.717, 1.165) is 0 Å². The Labute approximate surface area is 76.1 Å². The summed E-state index contributed by atoms with van der Waals surface area (Å²) in [6, 6.07) is -0.983. The maximum Gasteiger partial charge on any atom is 0.326 e. The zero-order chi connectivity index (χ0) is 10.4. The Morgan fingerprint density at radius 3 is 2.31 bits per heavy atom. The molecule has 0 aromatic heterocycles. The molecule has 5 heteroatoms. The minimum atomic E-state index is -1.18. The zero-order valence-electron chi connectivity index (χ0n) is 7.71. The Bertz CT molecular complexity index is 194. The lowest BCUT2D eigenvalue weighted by molar-refractivity contribution is -0.142. The summed E-state index contributed by atoms with van der Waals surface area (Å²) in [5.41, 5.74) is 0. The van der Waals surface area contributed by atoms with Crippen LogP contribution in [-0.2, 0) is 9.59 Å². The third kappa shape index (κ3) is 5.16. The second-order valence-corrected chi connectivity index (χ2v) is 3.22. The van der Waals surface area contributed by atoms with Gasteiger partial charge in [-0.3, -0.25) is 4.79 Å². The molecule has 0 heterocycles. The molecule has 1 amide bonds. The van der Waals surface area contributed by atoms with Gasteiger partial charge in [0.05, 0.1) is 0 Å². The van der Waals surface area contributed by atoms with Crippen LogP contribution >= 0.6 is 0 Å². The van der Waals surface area contributed by atoms with Gasteiger partial charge in [0.1, 0.15) is 6.04 Å². The number of carbonyl (C=O) groups excluding carboxylic acids is 1. The zero-order valence-corrected chi connectivity index (χ0v) is 7.71. The van der Waals surface area contributed by atoms with Crippen LogP contribution in [0.4, 0.5) is 4.39 Å². The molecule has 0 aliphatic rings. The van der Waals surface area contributed by atoms with E-state index >= 15 is 0 Å². The van der Waals surface area contributed by atoms with Crippen molar-refractivity contribution in [3.8, 4) is 0 Å². The molecule has 0 saturated carbocycles. The first kappa shape index (κ1) is 11.9. The molecule has 0 aromatic rings. The molecule has 0 unspecified atom stereocenters. The summed E-state index contributed by atoms with van der Waals surface area (Å²) < 4.78 is 11.7. The SMILES string of the molecule is CC(C)C[C@@H](NC(=O)CF)C(=O)O. The van der Waals surface area contributed by atoms with Crippen LogP contribution in [0.5, 0.6) is 0 Å². The molecule has 0 radical (unpaired) electrons. The van der Waals surface area contributed by atoms with E-state index in [2.05, 4.69) is 5.32 Å². The minimum absolute atomic E-state index is 0.140. The molecular formula is C8H14FNO3. The second-order valence-electron chi connectivity index (χ2n) is 3.22. The third-order valence-electron chi connectivity index (χ3n) is 1.46. The third-order valence-corrected chi connectivity index (χ3v) is 1.46. The van der Waals surface area contributed by atoms with Gasteiger partial charge in [-0.25, -0.2) is 9.18 Å². The number of carboxylic acids is 1. The summed E-state index contributed by atoms with van der Waals surface area (Å²) in [4.78, 5) is 21.1. The van der Waals surface area contributed by atoms with Gasteiger partial charge in [-0.15, -0.1) is 0 Å². The Morgan fingerprint density at radius 2 is 2.00 bits per heavy atom. The number of aliphatic carboxylic acids is 1. The summed E-state index contributed by atoms with van der Waals surface area (Å²) in [7, 11) is 0. The van der Waals surface area contributed by atoms with Gasteiger partial charge in [-0.2, -0.15) is 0 Å². The maximum atomic E-state index is 11.7. The topological polar surface area (TPSA) is 66.4 Å². The van der Waals surface area contributed by atoms with Crippen LogP contribution < -0.4 is 5.32 Å². The molecule has 0 aliphatic heterocycles. The number of alkyl halides is 1. The molecule has 0 bridgehead atoms. The molecule has 0 aliphatic carbocycles. The minimum Gasteiger partial charge on any atom is -0.480 e. The van der Waals surface area contributed by atoms with E-state index in [9.17, 15) is 14.0 Å². The van der Waals surface area contributed by atoms with E-state index < -0.39 is 24.6 Å². The first-order valence-corrected chi connectivity index (χ1v) is 4.05. The van der Waals surface area contributed by atoms with Crippen LogP contribution in [0.3, 0.4) is 0 Å². The monoisotopic (exact) mass is 191 g/mol. The van der Waals surface area contributed by atoms with Crippen LogP contribution in [-0.4, -0.2) is 29.7 Å². The lowest BCUT2D eigenvalue weighted by Crippen LogP contribution is -2.42. The summed E-state index contributed by atoms with van der Waals surface area (Å²) >= 11 is 0. The Hall–Kier alpha value is -1.13. The highest BCUT2D eigenvalue weighted by Gasteiger charge is 2.20. The highest BCUT2D eigenvalue weighted by atomic mass is 19.1. The smallest absolute Gasteiger partial charge is 0.326 e. The number of nitrogens with one attached hydrogen (secondary N) is 1. The molecule has 4 nitrogen and oxygen atoms in total. The van der Waals surface area contributed by atoms with Crippen LogP contribution in [0, 0.1) is 5.92 Å². The summed E-state index contributed by atoms with van der Waals surface area (Å²) in [5.74, 6) is -1.87. The standard InChI is InChI=1S/C8H14FNO3/c1-5(2)3-6(8(12)13)10-7(11)4-9/h5-6H,3-4H2,1-2H3,(H,10,11)(H,12,13)/t6-/m1/s1. The lowest BCUT2D eigenvalue weighted by Gasteiger charge is -2.15. The Kier molecular flexibility index (Phi) is 5.03. The van der Waals surface area contributed by atoms with Gasteiger partial charge in [0, 0.05) is 0 Å². The van der Waals surface area contributed by atoms with Crippen molar-refractivity contribution in [2.24, 2.45) is 5.92 Å². The Balaban J connectivity index is 4.10. The van der Waals surface area contributed by atoms with E-state index in [0.29, 0.717) is 6.42 Å². The molecule has 0 aromatic carbocycles. The van der Waals surface area contributed by atoms with Crippen LogP contribution in [0.25, 0.3) is 0 Å².